The van der Waals surface area contributed by atoms with Crippen LogP contribution in [0.3, 0.4) is 0 Å². The summed E-state index contributed by atoms with van der Waals surface area (Å²) in [5.41, 5.74) is 5.55. The fraction of sp³-hybridized carbons (Fsp3) is 0.500. The van der Waals surface area contributed by atoms with Crippen molar-refractivity contribution in [3.8, 4) is 0 Å². The van der Waals surface area contributed by atoms with Crippen molar-refractivity contribution >= 4 is 33.1 Å². The lowest BCUT2D eigenvalue weighted by Crippen LogP contribution is -2.47. The molecule has 1 atom stereocenters. The Hall–Kier alpha value is -0.630. The molecule has 3 N–H and O–H groups in total. The summed E-state index contributed by atoms with van der Waals surface area (Å²) in [5, 5.41) is 13.7. The van der Waals surface area contributed by atoms with Crippen LogP contribution in [-0.2, 0) is 11.3 Å². The van der Waals surface area contributed by atoms with Crippen molar-refractivity contribution in [1.82, 2.24) is 4.90 Å². The second-order valence-corrected chi connectivity index (χ2v) is 5.76. The molecule has 1 aromatic rings. The summed E-state index contributed by atoms with van der Waals surface area (Å²) < 4.78 is 6.55. The Balaban J connectivity index is 1.93. The minimum atomic E-state index is -0.308. The van der Waals surface area contributed by atoms with Crippen LogP contribution in [0.15, 0.2) is 21.1 Å². The molecule has 0 radical (unpaired) electrons. The smallest absolute Gasteiger partial charge is 0.169 e. The molecule has 5 nitrogen and oxygen atoms in total. The molecule has 1 aromatic heterocycles. The average Bonchev–Trinajstić information content (AvgIpc) is 2.74. The van der Waals surface area contributed by atoms with Crippen molar-refractivity contribution in [2.24, 2.45) is 10.9 Å². The van der Waals surface area contributed by atoms with Crippen LogP contribution in [-0.4, -0.2) is 41.7 Å². The highest BCUT2D eigenvalue weighted by Gasteiger charge is 2.24. The van der Waals surface area contributed by atoms with E-state index in [1.165, 1.54) is 4.88 Å². The number of amidine groups is 1. The van der Waals surface area contributed by atoms with Gasteiger partial charge in [-0.25, -0.2) is 0 Å². The Kier molecular flexibility index (Phi) is 4.38. The van der Waals surface area contributed by atoms with Gasteiger partial charge >= 0.3 is 0 Å². The van der Waals surface area contributed by atoms with E-state index in [1.807, 2.05) is 0 Å². The molecule has 2 heterocycles. The minimum absolute atomic E-state index is 0.141. The number of hydrogen-bond donors (Lipinski definition) is 2. The molecule has 1 fully saturated rings. The van der Waals surface area contributed by atoms with Crippen LogP contribution in [0.25, 0.3) is 0 Å². The molecule has 0 spiro atoms. The van der Waals surface area contributed by atoms with Crippen LogP contribution < -0.4 is 5.73 Å². The van der Waals surface area contributed by atoms with Gasteiger partial charge in [-0.15, -0.1) is 11.3 Å². The van der Waals surface area contributed by atoms with Crippen molar-refractivity contribution < 1.29 is 9.94 Å². The van der Waals surface area contributed by atoms with E-state index in [4.69, 9.17) is 15.7 Å². The summed E-state index contributed by atoms with van der Waals surface area (Å²) in [6.45, 7) is 3.00. The van der Waals surface area contributed by atoms with E-state index in [2.05, 4.69) is 37.4 Å². The number of halogens is 1. The number of thiophene rings is 1. The van der Waals surface area contributed by atoms with Crippen molar-refractivity contribution in [3.63, 3.8) is 0 Å². The minimum Gasteiger partial charge on any atom is -0.409 e. The van der Waals surface area contributed by atoms with Crippen LogP contribution in [0.1, 0.15) is 4.88 Å². The maximum absolute atomic E-state index is 8.63. The quantitative estimate of drug-likeness (QED) is 0.383. The van der Waals surface area contributed by atoms with E-state index in [0.717, 1.165) is 17.6 Å². The van der Waals surface area contributed by atoms with Gasteiger partial charge in [-0.2, -0.15) is 0 Å². The van der Waals surface area contributed by atoms with Crippen molar-refractivity contribution in [3.05, 3.63) is 20.8 Å². The first-order valence-electron chi connectivity index (χ1n) is 5.23. The molecule has 7 heteroatoms. The lowest BCUT2D eigenvalue weighted by atomic mass is 10.2. The first-order valence-corrected chi connectivity index (χ1v) is 6.90. The van der Waals surface area contributed by atoms with E-state index in [-0.39, 0.29) is 11.9 Å². The summed E-state index contributed by atoms with van der Waals surface area (Å²) in [4.78, 5) is 3.53. The Morgan fingerprint density at radius 2 is 2.59 bits per heavy atom. The summed E-state index contributed by atoms with van der Waals surface area (Å²) in [7, 11) is 0. The van der Waals surface area contributed by atoms with Crippen molar-refractivity contribution in [2.45, 2.75) is 12.6 Å². The molecule has 0 bridgehead atoms. The molecule has 1 saturated heterocycles. The van der Waals surface area contributed by atoms with Gasteiger partial charge in [-0.05, 0) is 22.0 Å². The van der Waals surface area contributed by atoms with E-state index in [1.54, 1.807) is 11.3 Å². The predicted molar refractivity (Wildman–Crippen MR) is 70.4 cm³/mol. The van der Waals surface area contributed by atoms with Gasteiger partial charge in [0.25, 0.3) is 0 Å². The summed E-state index contributed by atoms with van der Waals surface area (Å²) in [5.74, 6) is 0.141. The lowest BCUT2D eigenvalue weighted by molar-refractivity contribution is 0.00178. The molecule has 1 aliphatic rings. The Labute approximate surface area is 112 Å². The van der Waals surface area contributed by atoms with Crippen molar-refractivity contribution in [1.29, 1.82) is 0 Å². The van der Waals surface area contributed by atoms with Gasteiger partial charge in [0.1, 0.15) is 6.10 Å². The van der Waals surface area contributed by atoms with Gasteiger partial charge in [0, 0.05) is 34.4 Å². The topological polar surface area (TPSA) is 71.1 Å². The van der Waals surface area contributed by atoms with E-state index in [9.17, 15) is 0 Å². The molecule has 17 heavy (non-hydrogen) atoms. The number of rotatable bonds is 3. The number of hydrogen-bond acceptors (Lipinski definition) is 5. The molecule has 0 amide bonds. The first-order chi connectivity index (χ1) is 8.19. The van der Waals surface area contributed by atoms with Gasteiger partial charge in [-0.1, -0.05) is 5.16 Å². The summed E-state index contributed by atoms with van der Waals surface area (Å²) in [6.07, 6.45) is -0.308. The number of nitrogens with two attached hydrogens (primary N) is 1. The third-order valence-electron chi connectivity index (χ3n) is 2.60. The molecular weight excluding hydrogens is 306 g/mol. The number of ether oxygens (including phenoxy) is 1. The zero-order chi connectivity index (χ0) is 12.3. The van der Waals surface area contributed by atoms with Gasteiger partial charge in [0.15, 0.2) is 5.84 Å². The molecule has 94 valence electrons. The average molecular weight is 320 g/mol. The fourth-order valence-electron chi connectivity index (χ4n) is 1.75. The summed E-state index contributed by atoms with van der Waals surface area (Å²) >= 11 is 5.16. The highest BCUT2D eigenvalue weighted by molar-refractivity contribution is 9.10. The van der Waals surface area contributed by atoms with Gasteiger partial charge < -0.3 is 15.7 Å². The zero-order valence-electron chi connectivity index (χ0n) is 9.17. The van der Waals surface area contributed by atoms with Crippen LogP contribution in [0.4, 0.5) is 0 Å². The van der Waals surface area contributed by atoms with Crippen LogP contribution in [0.5, 0.6) is 0 Å². The lowest BCUT2D eigenvalue weighted by Gasteiger charge is -2.31. The van der Waals surface area contributed by atoms with E-state index >= 15 is 0 Å². The molecule has 1 unspecified atom stereocenters. The molecule has 0 saturated carbocycles. The Morgan fingerprint density at radius 3 is 3.24 bits per heavy atom. The van der Waals surface area contributed by atoms with Crippen molar-refractivity contribution in [2.75, 3.05) is 19.7 Å². The molecule has 0 aliphatic carbocycles. The Morgan fingerprint density at radius 1 is 1.76 bits per heavy atom. The van der Waals surface area contributed by atoms with Crippen LogP contribution >= 0.6 is 27.3 Å². The number of morpholine rings is 1. The maximum Gasteiger partial charge on any atom is 0.169 e. The molecule has 2 rings (SSSR count). The second-order valence-electron chi connectivity index (χ2n) is 3.85. The van der Waals surface area contributed by atoms with Crippen LogP contribution in [0.2, 0.25) is 0 Å². The first kappa shape index (κ1) is 12.8. The van der Waals surface area contributed by atoms with Gasteiger partial charge in [-0.3, -0.25) is 4.90 Å². The summed E-state index contributed by atoms with van der Waals surface area (Å²) in [6, 6.07) is 2.11. The molecule has 1 aliphatic heterocycles. The largest absolute Gasteiger partial charge is 0.409 e. The predicted octanol–water partition coefficient (Wildman–Crippen LogP) is 1.46. The second kappa shape index (κ2) is 5.81. The number of oxime groups is 1. The third-order valence-corrected chi connectivity index (χ3v) is 4.28. The zero-order valence-corrected chi connectivity index (χ0v) is 11.6. The normalized spacial score (nSPS) is 22.9. The third kappa shape index (κ3) is 3.41. The van der Waals surface area contributed by atoms with E-state index in [0.29, 0.717) is 13.2 Å². The SMILES string of the molecule is NC(=NO)C1CN(Cc2cc(Br)cs2)CCO1. The standard InChI is InChI=1S/C10H14BrN3O2S/c11-7-3-8(17-6-7)4-14-1-2-16-9(5-14)10(12)13-15/h3,6,9,15H,1-2,4-5H2,(H2,12,13). The fourth-order valence-corrected chi connectivity index (χ4v) is 3.24. The van der Waals surface area contributed by atoms with Gasteiger partial charge in [0.2, 0.25) is 0 Å². The molecule has 0 aromatic carbocycles. The maximum atomic E-state index is 8.63. The van der Waals surface area contributed by atoms with E-state index < -0.39 is 0 Å². The van der Waals surface area contributed by atoms with Gasteiger partial charge in [0.05, 0.1) is 6.61 Å². The number of nitrogens with zero attached hydrogens (tertiary/aromatic N) is 2. The molecular formula is C10H14BrN3O2S. The highest BCUT2D eigenvalue weighted by atomic mass is 79.9. The Bertz CT molecular complexity index is 410. The highest BCUT2D eigenvalue weighted by Crippen LogP contribution is 2.22. The van der Waals surface area contributed by atoms with Crippen LogP contribution in [0, 0.1) is 0 Å². The monoisotopic (exact) mass is 319 g/mol.